The maximum atomic E-state index is 12.1. The van der Waals surface area contributed by atoms with Crippen molar-refractivity contribution in [2.45, 2.75) is 19.6 Å². The second kappa shape index (κ2) is 9.43. The highest BCUT2D eigenvalue weighted by Crippen LogP contribution is 2.13. The number of piperazine rings is 1. The van der Waals surface area contributed by atoms with Crippen molar-refractivity contribution in [2.24, 2.45) is 9.98 Å². The summed E-state index contributed by atoms with van der Waals surface area (Å²) in [6.45, 7) is 9.91. The number of anilines is 1. The van der Waals surface area contributed by atoms with E-state index in [9.17, 15) is 4.79 Å². The average Bonchev–Trinajstić information content (AvgIpc) is 2.72. The summed E-state index contributed by atoms with van der Waals surface area (Å²) in [4.78, 5) is 30.5. The number of amides is 1. The highest BCUT2D eigenvalue weighted by molar-refractivity contribution is 6.06. The summed E-state index contributed by atoms with van der Waals surface area (Å²) in [5, 5.41) is 9.12. The Balaban J connectivity index is 1.72. The van der Waals surface area contributed by atoms with Crippen molar-refractivity contribution in [3.05, 3.63) is 36.5 Å². The molecule has 9 heteroatoms. The topological polar surface area (TPSA) is 97.3 Å². The van der Waals surface area contributed by atoms with Gasteiger partial charge in [-0.25, -0.2) is 15.0 Å². The lowest BCUT2D eigenvalue weighted by Gasteiger charge is -2.36. The van der Waals surface area contributed by atoms with Crippen LogP contribution < -0.4 is 16.0 Å². The molecular formula is C19H28N8O. The number of aromatic nitrogens is 1. The average molecular weight is 384 g/mol. The van der Waals surface area contributed by atoms with Gasteiger partial charge in [0.2, 0.25) is 12.2 Å². The maximum Gasteiger partial charge on any atom is 0.270 e. The van der Waals surface area contributed by atoms with Gasteiger partial charge in [0.1, 0.15) is 17.3 Å². The number of carbonyl (C=O) groups excluding carboxylic acids is 1. The van der Waals surface area contributed by atoms with Crippen molar-refractivity contribution in [3.63, 3.8) is 0 Å². The molecule has 3 rings (SSSR count). The number of rotatable bonds is 6. The monoisotopic (exact) mass is 384 g/mol. The number of hydrogen-bond donors (Lipinski definition) is 3. The van der Waals surface area contributed by atoms with Crippen molar-refractivity contribution >= 4 is 23.5 Å². The Kier molecular flexibility index (Phi) is 6.72. The molecule has 3 heterocycles. The predicted molar refractivity (Wildman–Crippen MR) is 112 cm³/mol. The molecule has 28 heavy (non-hydrogen) atoms. The third-order valence-corrected chi connectivity index (χ3v) is 4.61. The van der Waals surface area contributed by atoms with Gasteiger partial charge in [0.15, 0.2) is 0 Å². The van der Waals surface area contributed by atoms with Gasteiger partial charge in [-0.2, -0.15) is 0 Å². The number of hydrogen-bond acceptors (Lipinski definition) is 8. The third kappa shape index (κ3) is 5.14. The Morgan fingerprint density at radius 2 is 2.11 bits per heavy atom. The quantitative estimate of drug-likeness (QED) is 0.625. The minimum absolute atomic E-state index is 0.242. The molecule has 9 nitrogen and oxygen atoms in total. The molecule has 1 aromatic rings. The molecule has 0 spiro atoms. The molecule has 2 aliphatic heterocycles. The van der Waals surface area contributed by atoms with E-state index in [2.05, 4.69) is 51.3 Å². The number of likely N-dealkylation sites (N-methyl/N-ethyl adjacent to an activating group) is 1. The maximum absolute atomic E-state index is 12.1. The number of amidine groups is 1. The van der Waals surface area contributed by atoms with Crippen LogP contribution in [0.2, 0.25) is 0 Å². The van der Waals surface area contributed by atoms with Crippen LogP contribution in [0.15, 0.2) is 40.8 Å². The highest BCUT2D eigenvalue weighted by atomic mass is 16.1. The first-order chi connectivity index (χ1) is 13.6. The summed E-state index contributed by atoms with van der Waals surface area (Å²) in [5.74, 6) is 1.77. The van der Waals surface area contributed by atoms with Crippen molar-refractivity contribution in [2.75, 3.05) is 45.1 Å². The molecule has 0 saturated carbocycles. The van der Waals surface area contributed by atoms with Gasteiger partial charge in [-0.15, -0.1) is 6.58 Å². The molecule has 1 saturated heterocycles. The van der Waals surface area contributed by atoms with Crippen LogP contribution in [-0.2, 0) is 0 Å². The molecule has 0 radical (unpaired) electrons. The second-order valence-electron chi connectivity index (χ2n) is 6.75. The number of carbonyl (C=O) groups is 1. The third-order valence-electron chi connectivity index (χ3n) is 4.61. The lowest BCUT2D eigenvalue weighted by Crippen LogP contribution is -2.51. The minimum Gasteiger partial charge on any atom is -0.347 e. The van der Waals surface area contributed by atoms with Crippen LogP contribution in [0.5, 0.6) is 0 Å². The van der Waals surface area contributed by atoms with Crippen LogP contribution in [0.1, 0.15) is 23.8 Å². The van der Waals surface area contributed by atoms with E-state index in [0.717, 1.165) is 38.4 Å². The number of nitrogens with one attached hydrogen (secondary N) is 3. The molecule has 1 atom stereocenters. The number of guanidine groups is 1. The van der Waals surface area contributed by atoms with Gasteiger partial charge in [0.05, 0.1) is 0 Å². The second-order valence-corrected chi connectivity index (χ2v) is 6.75. The van der Waals surface area contributed by atoms with E-state index in [1.54, 1.807) is 24.3 Å². The smallest absolute Gasteiger partial charge is 0.270 e. The first kappa shape index (κ1) is 20.0. The first-order valence-corrected chi connectivity index (χ1v) is 9.56. The van der Waals surface area contributed by atoms with E-state index in [1.807, 2.05) is 0 Å². The fraction of sp³-hybridized carbons (Fsp3) is 0.474. The normalized spacial score (nSPS) is 20.6. The van der Waals surface area contributed by atoms with Crippen LogP contribution >= 0.6 is 0 Å². The van der Waals surface area contributed by atoms with Crippen molar-refractivity contribution in [1.82, 2.24) is 25.4 Å². The van der Waals surface area contributed by atoms with E-state index in [4.69, 9.17) is 9.98 Å². The van der Waals surface area contributed by atoms with E-state index in [0.29, 0.717) is 24.0 Å². The Bertz CT molecular complexity index is 767. The zero-order chi connectivity index (χ0) is 19.9. The summed E-state index contributed by atoms with van der Waals surface area (Å²) < 4.78 is 0. The van der Waals surface area contributed by atoms with Gasteiger partial charge in [0, 0.05) is 39.1 Å². The molecule has 0 aliphatic carbocycles. The van der Waals surface area contributed by atoms with Gasteiger partial charge in [-0.05, 0) is 19.2 Å². The number of pyridine rings is 1. The summed E-state index contributed by atoms with van der Waals surface area (Å²) in [6, 6.07) is 5.26. The van der Waals surface area contributed by atoms with Crippen LogP contribution in [0.25, 0.3) is 0 Å². The van der Waals surface area contributed by atoms with Crippen molar-refractivity contribution in [3.8, 4) is 0 Å². The zero-order valence-electron chi connectivity index (χ0n) is 16.5. The largest absolute Gasteiger partial charge is 0.347 e. The van der Waals surface area contributed by atoms with Crippen LogP contribution in [0.4, 0.5) is 5.82 Å². The molecule has 1 aromatic heterocycles. The molecule has 0 bridgehead atoms. The molecule has 1 unspecified atom stereocenters. The molecule has 2 aliphatic rings. The van der Waals surface area contributed by atoms with Gasteiger partial charge in [0.25, 0.3) is 5.91 Å². The van der Waals surface area contributed by atoms with Gasteiger partial charge >= 0.3 is 0 Å². The summed E-state index contributed by atoms with van der Waals surface area (Å²) in [5.41, 5.74) is 0.336. The van der Waals surface area contributed by atoms with Crippen molar-refractivity contribution in [1.29, 1.82) is 0 Å². The SMILES string of the molecule is C=CCNC(=O)c1cccc(NC2=NC(N3CCN(C)CC3)N=C(CC)N2)n1. The lowest BCUT2D eigenvalue weighted by atomic mass is 10.3. The molecule has 3 N–H and O–H groups in total. The predicted octanol–water partition coefficient (Wildman–Crippen LogP) is 0.708. The lowest BCUT2D eigenvalue weighted by molar-refractivity contribution is 0.0953. The van der Waals surface area contributed by atoms with Gasteiger partial charge in [-0.1, -0.05) is 19.1 Å². The molecule has 1 fully saturated rings. The summed E-state index contributed by atoms with van der Waals surface area (Å²) in [6.07, 6.45) is 2.17. The Hall–Kier alpha value is -2.78. The summed E-state index contributed by atoms with van der Waals surface area (Å²) >= 11 is 0. The fourth-order valence-electron chi connectivity index (χ4n) is 2.95. The summed E-state index contributed by atoms with van der Waals surface area (Å²) in [7, 11) is 2.13. The number of aliphatic imine (C=N–C) groups is 2. The van der Waals surface area contributed by atoms with Gasteiger partial charge < -0.3 is 20.9 Å². The van der Waals surface area contributed by atoms with Crippen molar-refractivity contribution < 1.29 is 4.79 Å². The van der Waals surface area contributed by atoms with E-state index in [1.165, 1.54) is 0 Å². The minimum atomic E-state index is -0.244. The van der Waals surface area contributed by atoms with E-state index >= 15 is 0 Å². The van der Waals surface area contributed by atoms with E-state index in [-0.39, 0.29) is 12.2 Å². The number of nitrogens with zero attached hydrogens (tertiary/aromatic N) is 5. The first-order valence-electron chi connectivity index (χ1n) is 9.56. The standard InChI is InChI=1S/C19H28N8O/c1-4-9-20-17(28)14-7-6-8-16(21-14)23-18-22-15(5-2)24-19(25-18)27-12-10-26(3)11-13-27/h4,6-8,19H,1,5,9-13H2,2-3H3,(H,20,28)(H2,21,22,23,24,25). The van der Waals surface area contributed by atoms with Crippen LogP contribution in [-0.4, -0.2) is 78.5 Å². The van der Waals surface area contributed by atoms with E-state index < -0.39 is 0 Å². The molecular weight excluding hydrogens is 356 g/mol. The Morgan fingerprint density at radius 1 is 1.32 bits per heavy atom. The van der Waals surface area contributed by atoms with Crippen LogP contribution in [0, 0.1) is 0 Å². The Morgan fingerprint density at radius 3 is 2.82 bits per heavy atom. The van der Waals surface area contributed by atoms with Crippen LogP contribution in [0.3, 0.4) is 0 Å². The molecule has 150 valence electrons. The Labute approximate surface area is 165 Å². The zero-order valence-corrected chi connectivity index (χ0v) is 16.5. The molecule has 0 aromatic carbocycles. The fourth-order valence-corrected chi connectivity index (χ4v) is 2.95. The molecule has 1 amide bonds. The highest BCUT2D eigenvalue weighted by Gasteiger charge is 2.25. The van der Waals surface area contributed by atoms with Gasteiger partial charge in [-0.3, -0.25) is 9.69 Å².